The highest BCUT2D eigenvalue weighted by Gasteiger charge is 2.34. The van der Waals surface area contributed by atoms with Gasteiger partial charge in [-0.25, -0.2) is 21.2 Å². The summed E-state index contributed by atoms with van der Waals surface area (Å²) in [5.74, 6) is -1.48. The van der Waals surface area contributed by atoms with Crippen LogP contribution in [0.5, 0.6) is 0 Å². The number of nitrogens with one attached hydrogen (secondary N) is 3. The van der Waals surface area contributed by atoms with Gasteiger partial charge in [-0.3, -0.25) is 10.9 Å². The number of alkyl halides is 3. The highest BCUT2D eigenvalue weighted by Crippen LogP contribution is 2.33. The van der Waals surface area contributed by atoms with E-state index >= 15 is 0 Å². The molecule has 4 aromatic rings. The molecule has 0 spiro atoms. The van der Waals surface area contributed by atoms with E-state index in [2.05, 4.69) is 36.3 Å². The Hall–Kier alpha value is -4.90. The van der Waals surface area contributed by atoms with Crippen LogP contribution in [-0.4, -0.2) is 50.7 Å². The molecule has 0 amide bonds. The minimum Gasteiger partial charge on any atom is -0.324 e. The van der Waals surface area contributed by atoms with E-state index in [0.29, 0.717) is 34.7 Å². The summed E-state index contributed by atoms with van der Waals surface area (Å²) in [6, 6.07) is 15.8. The molecule has 0 radical (unpaired) electrons. The molecule has 11 nitrogen and oxygen atoms in total. The molecule has 0 unspecified atom stereocenters. The Labute approximate surface area is 262 Å². The Kier molecular flexibility index (Phi) is 9.77. The van der Waals surface area contributed by atoms with Gasteiger partial charge in [-0.05, 0) is 67.4 Å². The average Bonchev–Trinajstić information content (AvgIpc) is 2.98. The van der Waals surface area contributed by atoms with E-state index in [9.17, 15) is 34.4 Å². The third-order valence-electron chi connectivity index (χ3n) is 6.33. The topological polar surface area (TPSA) is 155 Å². The second kappa shape index (κ2) is 13.2. The van der Waals surface area contributed by atoms with Gasteiger partial charge in [0.2, 0.25) is 5.95 Å². The molecule has 3 N–H and O–H groups in total. The maximum Gasteiger partial charge on any atom is 0.419 e. The number of sulfone groups is 2. The lowest BCUT2D eigenvalue weighted by atomic mass is 10.1. The van der Waals surface area contributed by atoms with Crippen LogP contribution in [0.4, 0.5) is 40.8 Å². The predicted octanol–water partition coefficient (Wildman–Crippen LogP) is 5.86. The summed E-state index contributed by atoms with van der Waals surface area (Å²) in [6.45, 7) is 3.31. The lowest BCUT2D eigenvalue weighted by Gasteiger charge is -2.13. The van der Waals surface area contributed by atoms with Crippen LogP contribution >= 0.6 is 0 Å². The molecule has 46 heavy (non-hydrogen) atoms. The largest absolute Gasteiger partial charge is 0.419 e. The Bertz CT molecular complexity index is 1920. The first kappa shape index (κ1) is 34.0. The molecule has 0 fully saturated rings. The van der Waals surface area contributed by atoms with Crippen molar-refractivity contribution in [3.05, 3.63) is 95.3 Å². The van der Waals surface area contributed by atoms with Gasteiger partial charge in [0.05, 0.1) is 26.8 Å². The fraction of sp³-hybridized carbons (Fsp3) is 0.172. The number of nitrogens with zero attached hydrogens (tertiary/aromatic N) is 4. The van der Waals surface area contributed by atoms with Gasteiger partial charge in [-0.2, -0.15) is 33.3 Å². The minimum atomic E-state index is -4.93. The molecule has 1 aromatic heterocycles. The molecule has 0 atom stereocenters. The molecule has 1 heterocycles. The zero-order chi connectivity index (χ0) is 33.9. The van der Waals surface area contributed by atoms with E-state index in [0.717, 1.165) is 18.6 Å². The smallest absolute Gasteiger partial charge is 0.324 e. The Morgan fingerprint density at radius 3 is 1.52 bits per heavy atom. The van der Waals surface area contributed by atoms with Gasteiger partial charge in [-0.1, -0.05) is 24.3 Å². The van der Waals surface area contributed by atoms with Gasteiger partial charge >= 0.3 is 6.18 Å². The molecule has 3 aromatic carbocycles. The minimum absolute atomic E-state index is 0.0793. The first-order valence-electron chi connectivity index (χ1n) is 13.1. The van der Waals surface area contributed by atoms with Crippen LogP contribution in [0.25, 0.3) is 0 Å². The van der Waals surface area contributed by atoms with Crippen LogP contribution in [0.1, 0.15) is 30.5 Å². The summed E-state index contributed by atoms with van der Waals surface area (Å²) in [5.41, 5.74) is 5.93. The molecule has 0 aliphatic rings. The van der Waals surface area contributed by atoms with E-state index in [4.69, 9.17) is 0 Å². The van der Waals surface area contributed by atoms with Gasteiger partial charge in [-0.15, -0.1) is 0 Å². The molecule has 242 valence electrons. The molecule has 0 bridgehead atoms. The van der Waals surface area contributed by atoms with Crippen LogP contribution in [0.3, 0.4) is 0 Å². The number of halogens is 4. The van der Waals surface area contributed by atoms with Crippen LogP contribution < -0.4 is 16.2 Å². The lowest BCUT2D eigenvalue weighted by Crippen LogP contribution is -2.10. The zero-order valence-electron chi connectivity index (χ0n) is 24.7. The Morgan fingerprint density at radius 1 is 0.696 bits per heavy atom. The Balaban J connectivity index is 1.65. The fourth-order valence-electron chi connectivity index (χ4n) is 3.87. The Morgan fingerprint density at radius 2 is 1.13 bits per heavy atom. The van der Waals surface area contributed by atoms with Crippen molar-refractivity contribution < 1.29 is 34.4 Å². The number of aromatic nitrogens is 2. The van der Waals surface area contributed by atoms with Crippen molar-refractivity contribution in [1.82, 2.24) is 9.97 Å². The maximum atomic E-state index is 13.8. The van der Waals surface area contributed by atoms with E-state index in [1.807, 2.05) is 0 Å². The molecule has 17 heteroatoms. The van der Waals surface area contributed by atoms with Crippen LogP contribution in [-0.2, 0) is 25.9 Å². The number of anilines is 4. The van der Waals surface area contributed by atoms with E-state index in [1.54, 1.807) is 38.1 Å². The van der Waals surface area contributed by atoms with Gasteiger partial charge < -0.3 is 5.32 Å². The van der Waals surface area contributed by atoms with Crippen molar-refractivity contribution in [2.24, 2.45) is 10.2 Å². The summed E-state index contributed by atoms with van der Waals surface area (Å²) in [6.07, 6.45) is -2.75. The maximum absolute atomic E-state index is 13.8. The van der Waals surface area contributed by atoms with Crippen molar-refractivity contribution in [2.75, 3.05) is 28.7 Å². The fourth-order valence-corrected chi connectivity index (χ4v) is 5.13. The molecule has 0 aliphatic heterocycles. The number of hydrogen-bond acceptors (Lipinski definition) is 11. The van der Waals surface area contributed by atoms with Crippen LogP contribution in [0.2, 0.25) is 0 Å². The molecule has 0 saturated carbocycles. The number of benzene rings is 3. The van der Waals surface area contributed by atoms with E-state index in [-0.39, 0.29) is 33.1 Å². The molecular formula is C29H27F4N7O4S2. The van der Waals surface area contributed by atoms with Gasteiger partial charge in [0.1, 0.15) is 5.82 Å². The first-order chi connectivity index (χ1) is 21.4. The number of hydrogen-bond donors (Lipinski definition) is 3. The second-order valence-electron chi connectivity index (χ2n) is 9.99. The highest BCUT2D eigenvalue weighted by atomic mass is 32.2. The molecule has 0 aliphatic carbocycles. The molecular weight excluding hydrogens is 650 g/mol. The summed E-state index contributed by atoms with van der Waals surface area (Å²) in [5, 5.41) is 11.1. The van der Waals surface area contributed by atoms with E-state index < -0.39 is 37.2 Å². The lowest BCUT2D eigenvalue weighted by molar-refractivity contribution is -0.139. The zero-order valence-corrected chi connectivity index (χ0v) is 26.3. The first-order valence-corrected chi connectivity index (χ1v) is 16.9. The number of hydrazone groups is 2. The van der Waals surface area contributed by atoms with Gasteiger partial charge in [0, 0.05) is 24.3 Å². The molecule has 4 rings (SSSR count). The predicted molar refractivity (Wildman–Crippen MR) is 167 cm³/mol. The third-order valence-corrected chi connectivity index (χ3v) is 8.59. The van der Waals surface area contributed by atoms with Crippen molar-refractivity contribution in [2.45, 2.75) is 29.8 Å². The van der Waals surface area contributed by atoms with Crippen molar-refractivity contribution in [3.8, 4) is 0 Å². The van der Waals surface area contributed by atoms with Gasteiger partial charge in [0.15, 0.2) is 31.3 Å². The summed E-state index contributed by atoms with van der Waals surface area (Å²) < 4.78 is 101. The van der Waals surface area contributed by atoms with Gasteiger partial charge in [0.25, 0.3) is 0 Å². The monoisotopic (exact) mass is 677 g/mol. The highest BCUT2D eigenvalue weighted by molar-refractivity contribution is 7.91. The van der Waals surface area contributed by atoms with Crippen molar-refractivity contribution >= 4 is 54.4 Å². The quantitative estimate of drug-likeness (QED) is 0.106. The standard InChI is InChI=1S/C29H27F4N7O4S2/c1-17(19-5-10-22(11-6-19)45(3,41)42)37-39-26-16-27(40-38-18(2)20-7-12-23(13-8-20)46(4,43)44)36-28(35-26)34-21-9-14-25(30)24(15-21)29(31,32)33/h5-16H,1-4H3,(H3,34,35,36,39,40). The van der Waals surface area contributed by atoms with Crippen LogP contribution in [0.15, 0.2) is 92.8 Å². The van der Waals surface area contributed by atoms with Crippen LogP contribution in [0, 0.1) is 5.82 Å². The average molecular weight is 678 g/mol. The number of rotatable bonds is 10. The summed E-state index contributed by atoms with van der Waals surface area (Å²) >= 11 is 0. The molecule has 0 saturated heterocycles. The summed E-state index contributed by atoms with van der Waals surface area (Å²) in [7, 11) is -6.78. The summed E-state index contributed by atoms with van der Waals surface area (Å²) in [4.78, 5) is 8.74. The van der Waals surface area contributed by atoms with Crippen molar-refractivity contribution in [1.29, 1.82) is 0 Å². The second-order valence-corrected chi connectivity index (χ2v) is 14.0. The third kappa shape index (κ3) is 8.85. The SMILES string of the molecule is CC(=NNc1cc(NN=C(C)c2ccc(S(C)(=O)=O)cc2)nc(Nc2ccc(F)c(C(F)(F)F)c2)n1)c1ccc(S(C)(=O)=O)cc1. The van der Waals surface area contributed by atoms with Crippen molar-refractivity contribution in [3.63, 3.8) is 0 Å². The van der Waals surface area contributed by atoms with E-state index in [1.165, 1.54) is 30.3 Å². The normalized spacial score (nSPS) is 13.0.